The molecule has 1 N–H and O–H groups in total. The summed E-state index contributed by atoms with van der Waals surface area (Å²) in [6.45, 7) is 14.5. The van der Waals surface area contributed by atoms with Gasteiger partial charge in [-0.1, -0.05) is 39.0 Å². The quantitative estimate of drug-likeness (QED) is 0.112. The van der Waals surface area contributed by atoms with E-state index >= 15 is 0 Å². The van der Waals surface area contributed by atoms with Crippen molar-refractivity contribution in [2.45, 2.75) is 104 Å². The molecule has 0 saturated heterocycles. The van der Waals surface area contributed by atoms with Crippen LogP contribution in [0.2, 0.25) is 0 Å². The first-order valence-corrected chi connectivity index (χ1v) is 16.6. The molecule has 2 unspecified atom stereocenters. The lowest BCUT2D eigenvalue weighted by Gasteiger charge is -2.34. The monoisotopic (exact) mass is 622 g/mol. The number of benzene rings is 3. The molecule has 0 radical (unpaired) electrons. The van der Waals surface area contributed by atoms with E-state index in [1.54, 1.807) is 6.92 Å². The molecule has 2 atom stereocenters. The maximum atomic E-state index is 9.96. The van der Waals surface area contributed by atoms with Crippen molar-refractivity contribution >= 4 is 0 Å². The molecule has 3 aromatic rings. The van der Waals surface area contributed by atoms with E-state index in [2.05, 4.69) is 27.7 Å². The zero-order chi connectivity index (χ0) is 32.5. The lowest BCUT2D eigenvalue weighted by molar-refractivity contribution is 0.00977. The predicted octanol–water partition coefficient (Wildman–Crippen LogP) is 9.05. The fraction of sp³-hybridized carbons (Fsp3) is 0.526. The molecule has 0 aliphatic carbocycles. The van der Waals surface area contributed by atoms with Gasteiger partial charge >= 0.3 is 0 Å². The van der Waals surface area contributed by atoms with Crippen LogP contribution in [0, 0.1) is 0 Å². The van der Waals surface area contributed by atoms with Gasteiger partial charge in [0, 0.05) is 31.0 Å². The molecule has 0 spiro atoms. The molecule has 7 heteroatoms. The molecule has 3 rings (SSSR count). The zero-order valence-electron chi connectivity index (χ0n) is 28.2. The predicted molar refractivity (Wildman–Crippen MR) is 180 cm³/mol. The highest BCUT2D eigenvalue weighted by atomic mass is 16.5. The van der Waals surface area contributed by atoms with Crippen LogP contribution in [0.1, 0.15) is 86.5 Å². The summed E-state index contributed by atoms with van der Waals surface area (Å²) in [5, 5.41) is 9.96. The van der Waals surface area contributed by atoms with Gasteiger partial charge in [0.1, 0.15) is 45.7 Å². The minimum absolute atomic E-state index is 0.288. The average Bonchev–Trinajstić information content (AvgIpc) is 3.03. The van der Waals surface area contributed by atoms with E-state index in [0.29, 0.717) is 32.8 Å². The number of rotatable bonds is 22. The minimum Gasteiger partial charge on any atom is -0.494 e. The Bertz CT molecular complexity index is 1260. The van der Waals surface area contributed by atoms with E-state index in [9.17, 15) is 5.11 Å². The second-order valence-corrected chi connectivity index (χ2v) is 11.8. The first-order chi connectivity index (χ1) is 21.7. The Morgan fingerprint density at radius 1 is 0.600 bits per heavy atom. The first-order valence-electron chi connectivity index (χ1n) is 16.6. The summed E-state index contributed by atoms with van der Waals surface area (Å²) in [5.41, 5.74) is -0.676. The van der Waals surface area contributed by atoms with Crippen LogP contribution in [0.4, 0.5) is 0 Å². The van der Waals surface area contributed by atoms with Crippen molar-refractivity contribution in [3.8, 4) is 34.5 Å². The molecule has 0 amide bonds. The Morgan fingerprint density at radius 2 is 1.04 bits per heavy atom. The van der Waals surface area contributed by atoms with Gasteiger partial charge in [0.25, 0.3) is 0 Å². The highest BCUT2D eigenvalue weighted by Gasteiger charge is 2.30. The Balaban J connectivity index is 1.39. The van der Waals surface area contributed by atoms with Crippen LogP contribution in [0.3, 0.4) is 0 Å². The van der Waals surface area contributed by atoms with Crippen LogP contribution < -0.4 is 28.4 Å². The summed E-state index contributed by atoms with van der Waals surface area (Å²) < 4.78 is 36.3. The largest absolute Gasteiger partial charge is 0.494 e. The highest BCUT2D eigenvalue weighted by Crippen LogP contribution is 2.32. The molecule has 0 fully saturated rings. The Kier molecular flexibility index (Phi) is 14.7. The maximum absolute atomic E-state index is 9.96. The lowest BCUT2D eigenvalue weighted by atomic mass is 9.90. The summed E-state index contributed by atoms with van der Waals surface area (Å²) in [6, 6.07) is 23.3. The number of aliphatic hydroxyl groups excluding tert-OH is 1. The van der Waals surface area contributed by atoms with Crippen LogP contribution in [-0.4, -0.2) is 48.8 Å². The minimum atomic E-state index is -0.422. The van der Waals surface area contributed by atoms with Crippen molar-refractivity contribution in [2.24, 2.45) is 0 Å². The van der Waals surface area contributed by atoms with Gasteiger partial charge in [-0.3, -0.25) is 0 Å². The normalized spacial score (nSPS) is 13.4. The molecule has 3 aromatic carbocycles. The summed E-state index contributed by atoms with van der Waals surface area (Å²) >= 11 is 0. The Morgan fingerprint density at radius 3 is 1.51 bits per heavy atom. The molecule has 0 bridgehead atoms. The standard InChI is InChI=1S/C38H54O7/c1-7-37(6,44-35-20-12-16-31(27-35)40-10-4)22-14-23-41-32-17-11-18-33(26-32)42-24-15-25-43-34-19-13-21-36(28-34)45-38(8-2,9-3)29-30(5)39/h11-13,16-21,26-28,30,39H,7-10,14-15,22-25,29H2,1-6H3. The fourth-order valence-electron chi connectivity index (χ4n) is 5.25. The maximum Gasteiger partial charge on any atom is 0.123 e. The average molecular weight is 623 g/mol. The van der Waals surface area contributed by atoms with Crippen molar-refractivity contribution < 1.29 is 33.5 Å². The molecule has 45 heavy (non-hydrogen) atoms. The van der Waals surface area contributed by atoms with Gasteiger partial charge in [-0.05, 0) is 89.3 Å². The Labute approximate surface area is 270 Å². The number of hydrogen-bond donors (Lipinski definition) is 1. The van der Waals surface area contributed by atoms with E-state index in [0.717, 1.165) is 73.0 Å². The van der Waals surface area contributed by atoms with Gasteiger partial charge in [-0.25, -0.2) is 0 Å². The number of aliphatic hydroxyl groups is 1. The SMILES string of the molecule is CCOc1cccc(OC(C)(CC)CCCOc2cccc(OCCCOc3cccc(OC(CC)(CC)CC(C)O)c3)c2)c1. The highest BCUT2D eigenvalue weighted by molar-refractivity contribution is 5.35. The van der Waals surface area contributed by atoms with Crippen molar-refractivity contribution in [3.05, 3.63) is 72.8 Å². The summed E-state index contributed by atoms with van der Waals surface area (Å²) in [7, 11) is 0. The molecule has 0 aliphatic heterocycles. The van der Waals surface area contributed by atoms with Crippen LogP contribution in [0.15, 0.2) is 72.8 Å². The lowest BCUT2D eigenvalue weighted by Crippen LogP contribution is -2.37. The van der Waals surface area contributed by atoms with Crippen LogP contribution >= 0.6 is 0 Å². The molecular weight excluding hydrogens is 568 g/mol. The third-order valence-electron chi connectivity index (χ3n) is 8.07. The Hall–Kier alpha value is -3.58. The summed E-state index contributed by atoms with van der Waals surface area (Å²) in [5.74, 6) is 4.71. The van der Waals surface area contributed by atoms with Gasteiger partial charge in [-0.2, -0.15) is 0 Å². The smallest absolute Gasteiger partial charge is 0.123 e. The molecule has 7 nitrogen and oxygen atoms in total. The summed E-state index contributed by atoms with van der Waals surface area (Å²) in [6.07, 6.45) is 5.16. The molecule has 248 valence electrons. The van der Waals surface area contributed by atoms with E-state index in [1.807, 2.05) is 79.7 Å². The van der Waals surface area contributed by atoms with Crippen molar-refractivity contribution in [1.82, 2.24) is 0 Å². The van der Waals surface area contributed by atoms with Gasteiger partial charge in [0.15, 0.2) is 0 Å². The molecule has 0 aliphatic rings. The van der Waals surface area contributed by atoms with Gasteiger partial charge in [0.2, 0.25) is 0 Å². The third kappa shape index (κ3) is 12.4. The molecular formula is C38H54O7. The van der Waals surface area contributed by atoms with Crippen LogP contribution in [0.5, 0.6) is 34.5 Å². The first kappa shape index (κ1) is 35.9. The third-order valence-corrected chi connectivity index (χ3v) is 8.07. The zero-order valence-corrected chi connectivity index (χ0v) is 28.2. The second-order valence-electron chi connectivity index (χ2n) is 11.8. The number of ether oxygens (including phenoxy) is 6. The van der Waals surface area contributed by atoms with Gasteiger partial charge < -0.3 is 33.5 Å². The van der Waals surface area contributed by atoms with Crippen molar-refractivity contribution in [1.29, 1.82) is 0 Å². The molecule has 0 saturated carbocycles. The summed E-state index contributed by atoms with van der Waals surface area (Å²) in [4.78, 5) is 0. The van der Waals surface area contributed by atoms with E-state index in [1.165, 1.54) is 0 Å². The van der Waals surface area contributed by atoms with Crippen LogP contribution in [-0.2, 0) is 0 Å². The fourth-order valence-corrected chi connectivity index (χ4v) is 5.25. The van der Waals surface area contributed by atoms with Crippen molar-refractivity contribution in [2.75, 3.05) is 26.4 Å². The second kappa shape index (κ2) is 18.4. The van der Waals surface area contributed by atoms with E-state index < -0.39 is 6.10 Å². The van der Waals surface area contributed by atoms with E-state index in [4.69, 9.17) is 28.4 Å². The number of hydrogen-bond acceptors (Lipinski definition) is 7. The van der Waals surface area contributed by atoms with Crippen LogP contribution in [0.25, 0.3) is 0 Å². The van der Waals surface area contributed by atoms with E-state index in [-0.39, 0.29) is 11.2 Å². The molecule has 0 heterocycles. The van der Waals surface area contributed by atoms with Gasteiger partial charge in [-0.15, -0.1) is 0 Å². The molecule has 0 aromatic heterocycles. The van der Waals surface area contributed by atoms with Gasteiger partial charge in [0.05, 0.1) is 32.5 Å². The topological polar surface area (TPSA) is 75.6 Å². The van der Waals surface area contributed by atoms with Crippen molar-refractivity contribution in [3.63, 3.8) is 0 Å².